The van der Waals surface area contributed by atoms with E-state index in [1.807, 2.05) is 0 Å². The number of hydrogen-bond donors (Lipinski definition) is 0. The number of anilines is 1. The van der Waals surface area contributed by atoms with Crippen LogP contribution in [0, 0.1) is 0 Å². The molecule has 0 N–H and O–H groups in total. The van der Waals surface area contributed by atoms with E-state index < -0.39 is 11.9 Å². The Bertz CT molecular complexity index is 939. The predicted octanol–water partition coefficient (Wildman–Crippen LogP) is 3.54. The quantitative estimate of drug-likeness (QED) is 0.681. The van der Waals surface area contributed by atoms with E-state index in [9.17, 15) is 13.2 Å². The van der Waals surface area contributed by atoms with Crippen molar-refractivity contribution < 1.29 is 17.9 Å². The molecule has 3 rings (SSSR count). The van der Waals surface area contributed by atoms with Gasteiger partial charge in [0.05, 0.1) is 25.0 Å². The van der Waals surface area contributed by atoms with E-state index in [4.69, 9.17) is 4.74 Å². The molecule has 9 heteroatoms. The zero-order chi connectivity index (χ0) is 19.6. The summed E-state index contributed by atoms with van der Waals surface area (Å²) in [5.74, 6) is 0.508. The minimum Gasteiger partial charge on any atom is -0.497 e. The van der Waals surface area contributed by atoms with Crippen molar-refractivity contribution in [3.05, 3.63) is 54.0 Å². The third-order valence-corrected chi connectivity index (χ3v) is 4.03. The summed E-state index contributed by atoms with van der Waals surface area (Å²) in [4.78, 5) is 9.60. The smallest absolute Gasteiger partial charge is 0.433 e. The van der Waals surface area contributed by atoms with Crippen molar-refractivity contribution in [3.63, 3.8) is 0 Å². The second-order valence-electron chi connectivity index (χ2n) is 5.97. The van der Waals surface area contributed by atoms with E-state index in [0.29, 0.717) is 17.9 Å². The minimum absolute atomic E-state index is 0.0242. The topological polar surface area (TPSA) is 56.1 Å². The first-order valence-electron chi connectivity index (χ1n) is 8.06. The number of benzene rings is 1. The highest BCUT2D eigenvalue weighted by molar-refractivity contribution is 5.63. The van der Waals surface area contributed by atoms with Gasteiger partial charge >= 0.3 is 6.18 Å². The van der Waals surface area contributed by atoms with Crippen LogP contribution in [0.5, 0.6) is 5.75 Å². The van der Waals surface area contributed by atoms with E-state index >= 15 is 0 Å². The molecule has 0 fully saturated rings. The molecule has 0 aliphatic rings. The van der Waals surface area contributed by atoms with Crippen LogP contribution in [0.3, 0.4) is 0 Å². The lowest BCUT2D eigenvalue weighted by atomic mass is 10.1. The monoisotopic (exact) mass is 377 g/mol. The van der Waals surface area contributed by atoms with E-state index in [1.165, 1.54) is 7.11 Å². The highest BCUT2D eigenvalue weighted by Crippen LogP contribution is 2.32. The zero-order valence-electron chi connectivity index (χ0n) is 15.0. The molecule has 0 saturated carbocycles. The van der Waals surface area contributed by atoms with Gasteiger partial charge in [0.15, 0.2) is 5.69 Å². The third kappa shape index (κ3) is 4.18. The first-order chi connectivity index (χ1) is 12.8. The molecule has 0 saturated heterocycles. The largest absolute Gasteiger partial charge is 0.497 e. The summed E-state index contributed by atoms with van der Waals surface area (Å²) >= 11 is 0. The number of ether oxygens (including phenoxy) is 1. The molecule has 0 radical (unpaired) electrons. The Balaban J connectivity index is 2.04. The van der Waals surface area contributed by atoms with Gasteiger partial charge in [-0.2, -0.15) is 18.3 Å². The van der Waals surface area contributed by atoms with Gasteiger partial charge in [0, 0.05) is 25.9 Å². The lowest BCUT2D eigenvalue weighted by Crippen LogP contribution is -2.23. The highest BCUT2D eigenvalue weighted by atomic mass is 19.4. The molecule has 0 aliphatic heterocycles. The van der Waals surface area contributed by atoms with Gasteiger partial charge in [-0.25, -0.2) is 9.97 Å². The first-order valence-corrected chi connectivity index (χ1v) is 8.06. The maximum Gasteiger partial charge on any atom is 0.433 e. The normalized spacial score (nSPS) is 11.5. The molecule has 0 aliphatic carbocycles. The minimum atomic E-state index is -4.58. The maximum absolute atomic E-state index is 13.4. The number of aromatic nitrogens is 4. The number of aryl methyl sites for hydroxylation is 1. The Labute approximate surface area is 154 Å². The van der Waals surface area contributed by atoms with Gasteiger partial charge in [-0.3, -0.25) is 4.68 Å². The predicted molar refractivity (Wildman–Crippen MR) is 94.3 cm³/mol. The van der Waals surface area contributed by atoms with Gasteiger partial charge in [0.25, 0.3) is 0 Å². The van der Waals surface area contributed by atoms with Crippen molar-refractivity contribution in [1.82, 2.24) is 19.7 Å². The fourth-order valence-corrected chi connectivity index (χ4v) is 2.55. The Morgan fingerprint density at radius 1 is 1.15 bits per heavy atom. The molecule has 6 nitrogen and oxygen atoms in total. The van der Waals surface area contributed by atoms with E-state index in [-0.39, 0.29) is 11.6 Å². The van der Waals surface area contributed by atoms with Crippen LogP contribution in [0.1, 0.15) is 11.4 Å². The number of rotatable bonds is 5. The van der Waals surface area contributed by atoms with Crippen LogP contribution in [0.15, 0.2) is 42.6 Å². The highest BCUT2D eigenvalue weighted by Gasteiger charge is 2.34. The second kappa shape index (κ2) is 7.26. The molecule has 2 aromatic heterocycles. The average molecular weight is 377 g/mol. The lowest BCUT2D eigenvalue weighted by molar-refractivity contribution is -0.141. The first kappa shape index (κ1) is 18.7. The molecule has 0 spiro atoms. The molecule has 2 heterocycles. The summed E-state index contributed by atoms with van der Waals surface area (Å²) < 4.78 is 46.9. The number of halogens is 3. The molecule has 1 aromatic carbocycles. The fourth-order valence-electron chi connectivity index (χ4n) is 2.55. The van der Waals surface area contributed by atoms with Gasteiger partial charge in [-0.05, 0) is 24.3 Å². The zero-order valence-corrected chi connectivity index (χ0v) is 15.0. The Morgan fingerprint density at radius 3 is 2.56 bits per heavy atom. The number of alkyl halides is 3. The molecule has 27 heavy (non-hydrogen) atoms. The number of nitrogens with zero attached hydrogens (tertiary/aromatic N) is 5. The van der Waals surface area contributed by atoms with Crippen LogP contribution in [-0.4, -0.2) is 33.9 Å². The van der Waals surface area contributed by atoms with E-state index in [2.05, 4.69) is 15.1 Å². The molecule has 0 atom stereocenters. The van der Waals surface area contributed by atoms with Crippen molar-refractivity contribution in [2.45, 2.75) is 12.7 Å². The Hall–Kier alpha value is -3.10. The summed E-state index contributed by atoms with van der Waals surface area (Å²) in [6.45, 7) is 0.315. The van der Waals surface area contributed by atoms with Crippen LogP contribution < -0.4 is 9.64 Å². The second-order valence-corrected chi connectivity index (χ2v) is 5.97. The summed E-state index contributed by atoms with van der Waals surface area (Å²) in [7, 11) is 4.89. The summed E-state index contributed by atoms with van der Waals surface area (Å²) in [6, 6.07) is 9.44. The number of methoxy groups -OCH3 is 1. The van der Waals surface area contributed by atoms with Crippen molar-refractivity contribution in [2.75, 3.05) is 19.1 Å². The van der Waals surface area contributed by atoms with Crippen molar-refractivity contribution >= 4 is 5.95 Å². The standard InChI is InChI=1S/C18H18F3N5O/c1-25(11-13-7-8-22-26(13)2)17-23-15(10-16(24-17)18(19,20)21)12-5-4-6-14(9-12)27-3/h4-10H,11H2,1-3H3. The van der Waals surface area contributed by atoms with Crippen LogP contribution >= 0.6 is 0 Å². The van der Waals surface area contributed by atoms with Crippen LogP contribution in [0.25, 0.3) is 11.3 Å². The SMILES string of the molecule is COc1cccc(-c2cc(C(F)(F)F)nc(N(C)Cc3ccnn3C)n2)c1. The molecular weight excluding hydrogens is 359 g/mol. The molecule has 3 aromatic rings. The van der Waals surface area contributed by atoms with Crippen molar-refractivity contribution in [1.29, 1.82) is 0 Å². The lowest BCUT2D eigenvalue weighted by Gasteiger charge is -2.19. The number of hydrogen-bond acceptors (Lipinski definition) is 5. The van der Waals surface area contributed by atoms with Gasteiger partial charge in [0.1, 0.15) is 5.75 Å². The van der Waals surface area contributed by atoms with Gasteiger partial charge in [-0.15, -0.1) is 0 Å². The Morgan fingerprint density at radius 2 is 1.93 bits per heavy atom. The van der Waals surface area contributed by atoms with Crippen molar-refractivity contribution in [3.8, 4) is 17.0 Å². The summed E-state index contributed by atoms with van der Waals surface area (Å²) in [5, 5.41) is 4.06. The maximum atomic E-state index is 13.4. The third-order valence-electron chi connectivity index (χ3n) is 4.03. The summed E-state index contributed by atoms with van der Waals surface area (Å²) in [6.07, 6.45) is -2.96. The van der Waals surface area contributed by atoms with Crippen LogP contribution in [-0.2, 0) is 19.8 Å². The Kier molecular flexibility index (Phi) is 5.02. The van der Waals surface area contributed by atoms with Crippen molar-refractivity contribution in [2.24, 2.45) is 7.05 Å². The molecule has 0 unspecified atom stereocenters. The van der Waals surface area contributed by atoms with Crippen LogP contribution in [0.4, 0.5) is 19.1 Å². The van der Waals surface area contributed by atoms with Crippen LogP contribution in [0.2, 0.25) is 0 Å². The van der Waals surface area contributed by atoms with Gasteiger partial charge in [0.2, 0.25) is 5.95 Å². The average Bonchev–Trinajstić information content (AvgIpc) is 3.05. The summed E-state index contributed by atoms with van der Waals surface area (Å²) in [5.41, 5.74) is 0.504. The van der Waals surface area contributed by atoms with Gasteiger partial charge in [-0.1, -0.05) is 12.1 Å². The molecule has 0 amide bonds. The molecule has 0 bridgehead atoms. The van der Waals surface area contributed by atoms with E-state index in [1.54, 1.807) is 60.2 Å². The molecular formula is C18H18F3N5O. The van der Waals surface area contributed by atoms with E-state index in [0.717, 1.165) is 11.8 Å². The fraction of sp³-hybridized carbons (Fsp3) is 0.278. The van der Waals surface area contributed by atoms with Gasteiger partial charge < -0.3 is 9.64 Å². The molecule has 142 valence electrons.